The minimum absolute atomic E-state index is 0.482. The van der Waals surface area contributed by atoms with Crippen LogP contribution < -0.4 is 14.9 Å². The highest BCUT2D eigenvalue weighted by Gasteiger charge is 2.06. The van der Waals surface area contributed by atoms with Gasteiger partial charge in [-0.2, -0.15) is 5.10 Å². The van der Waals surface area contributed by atoms with Crippen LogP contribution in [0.1, 0.15) is 18.1 Å². The maximum absolute atomic E-state index is 5.94. The molecule has 0 fully saturated rings. The Labute approximate surface area is 168 Å². The summed E-state index contributed by atoms with van der Waals surface area (Å²) in [4.78, 5) is 0. The van der Waals surface area contributed by atoms with Crippen molar-refractivity contribution >= 4 is 27.8 Å². The lowest BCUT2D eigenvalue weighted by Gasteiger charge is -2.12. The van der Waals surface area contributed by atoms with Crippen molar-refractivity contribution in [2.24, 2.45) is 5.10 Å². The standard InChI is InChI=1S/C22H21BrN2O2/c1-2-26-22-14-18(15-24-25-20-6-4-3-5-7-20)10-13-21(22)27-16-17-8-11-19(23)12-9-17/h3-15,25H,2,16H2,1H3. The number of nitrogens with zero attached hydrogens (tertiary/aromatic N) is 1. The van der Waals surface area contributed by atoms with E-state index in [-0.39, 0.29) is 0 Å². The summed E-state index contributed by atoms with van der Waals surface area (Å²) in [6.07, 6.45) is 1.76. The number of hydrazone groups is 1. The quantitative estimate of drug-likeness (QED) is 0.363. The first kappa shape index (κ1) is 19.0. The molecule has 0 atom stereocenters. The summed E-state index contributed by atoms with van der Waals surface area (Å²) in [6.45, 7) is 3.00. The molecule has 1 N–H and O–H groups in total. The van der Waals surface area contributed by atoms with E-state index >= 15 is 0 Å². The van der Waals surface area contributed by atoms with Crippen molar-refractivity contribution in [1.82, 2.24) is 0 Å². The summed E-state index contributed by atoms with van der Waals surface area (Å²) < 4.78 is 12.7. The fourth-order valence-electron chi connectivity index (χ4n) is 2.43. The maximum atomic E-state index is 5.94. The Bertz CT molecular complexity index is 881. The third-order valence-corrected chi connectivity index (χ3v) is 4.28. The molecule has 0 bridgehead atoms. The lowest BCUT2D eigenvalue weighted by molar-refractivity contribution is 0.269. The van der Waals surface area contributed by atoms with E-state index in [0.29, 0.717) is 24.7 Å². The van der Waals surface area contributed by atoms with Crippen molar-refractivity contribution < 1.29 is 9.47 Å². The third-order valence-electron chi connectivity index (χ3n) is 3.76. The van der Waals surface area contributed by atoms with Crippen molar-refractivity contribution in [3.8, 4) is 11.5 Å². The Hall–Kier alpha value is -2.79. The second-order valence-electron chi connectivity index (χ2n) is 5.79. The Morgan fingerprint density at radius 1 is 0.926 bits per heavy atom. The monoisotopic (exact) mass is 424 g/mol. The van der Waals surface area contributed by atoms with Gasteiger partial charge in [-0.25, -0.2) is 0 Å². The first-order valence-corrected chi connectivity index (χ1v) is 9.52. The molecule has 0 radical (unpaired) electrons. The predicted octanol–water partition coefficient (Wildman–Crippen LogP) is 5.87. The van der Waals surface area contributed by atoms with E-state index in [1.807, 2.05) is 79.7 Å². The highest BCUT2D eigenvalue weighted by atomic mass is 79.9. The molecule has 27 heavy (non-hydrogen) atoms. The molecule has 0 aliphatic heterocycles. The van der Waals surface area contributed by atoms with Crippen LogP contribution in [0.5, 0.6) is 11.5 Å². The van der Waals surface area contributed by atoms with Crippen molar-refractivity contribution in [2.75, 3.05) is 12.0 Å². The number of benzene rings is 3. The van der Waals surface area contributed by atoms with Gasteiger partial charge in [0.1, 0.15) is 6.61 Å². The molecule has 0 unspecified atom stereocenters. The molecule has 138 valence electrons. The lowest BCUT2D eigenvalue weighted by Crippen LogP contribution is -2.00. The van der Waals surface area contributed by atoms with Gasteiger partial charge in [-0.1, -0.05) is 46.3 Å². The van der Waals surface area contributed by atoms with Gasteiger partial charge in [-0.05, 0) is 60.5 Å². The minimum atomic E-state index is 0.482. The summed E-state index contributed by atoms with van der Waals surface area (Å²) in [7, 11) is 0. The Morgan fingerprint density at radius 3 is 2.44 bits per heavy atom. The van der Waals surface area contributed by atoms with Crippen LogP contribution in [0, 0.1) is 0 Å². The van der Waals surface area contributed by atoms with Crippen LogP contribution in [0.4, 0.5) is 5.69 Å². The molecule has 5 heteroatoms. The number of anilines is 1. The average Bonchev–Trinajstić information content (AvgIpc) is 2.70. The van der Waals surface area contributed by atoms with E-state index in [9.17, 15) is 0 Å². The number of hydrogen-bond donors (Lipinski definition) is 1. The van der Waals surface area contributed by atoms with Gasteiger partial charge in [0.15, 0.2) is 11.5 Å². The van der Waals surface area contributed by atoms with Crippen molar-refractivity contribution in [3.63, 3.8) is 0 Å². The molecule has 0 aliphatic carbocycles. The lowest BCUT2D eigenvalue weighted by atomic mass is 10.2. The van der Waals surface area contributed by atoms with E-state index in [1.54, 1.807) is 6.21 Å². The van der Waals surface area contributed by atoms with E-state index in [4.69, 9.17) is 9.47 Å². The van der Waals surface area contributed by atoms with Gasteiger partial charge in [-0.15, -0.1) is 0 Å². The number of ether oxygens (including phenoxy) is 2. The van der Waals surface area contributed by atoms with Crippen LogP contribution in [-0.4, -0.2) is 12.8 Å². The fraction of sp³-hybridized carbons (Fsp3) is 0.136. The fourth-order valence-corrected chi connectivity index (χ4v) is 2.69. The largest absolute Gasteiger partial charge is 0.490 e. The van der Waals surface area contributed by atoms with Crippen LogP contribution in [0.3, 0.4) is 0 Å². The van der Waals surface area contributed by atoms with Crippen molar-refractivity contribution in [2.45, 2.75) is 13.5 Å². The zero-order valence-electron chi connectivity index (χ0n) is 15.1. The number of halogens is 1. The summed E-state index contributed by atoms with van der Waals surface area (Å²) in [5.74, 6) is 1.42. The molecule has 0 amide bonds. The molecule has 0 spiro atoms. The first-order chi connectivity index (χ1) is 13.2. The summed E-state index contributed by atoms with van der Waals surface area (Å²) in [5, 5.41) is 4.27. The number of rotatable bonds is 8. The van der Waals surface area contributed by atoms with E-state index in [2.05, 4.69) is 26.5 Å². The summed E-state index contributed by atoms with van der Waals surface area (Å²) >= 11 is 3.44. The second kappa shape index (κ2) is 9.78. The highest BCUT2D eigenvalue weighted by Crippen LogP contribution is 2.29. The Morgan fingerprint density at radius 2 is 1.70 bits per heavy atom. The van der Waals surface area contributed by atoms with Gasteiger partial charge in [0, 0.05) is 4.47 Å². The summed E-state index contributed by atoms with van der Waals surface area (Å²) in [6, 6.07) is 23.7. The predicted molar refractivity (Wildman–Crippen MR) is 114 cm³/mol. The molecular weight excluding hydrogens is 404 g/mol. The zero-order chi connectivity index (χ0) is 18.9. The molecule has 0 saturated carbocycles. The van der Waals surface area contributed by atoms with Crippen LogP contribution in [0.25, 0.3) is 0 Å². The molecule has 0 saturated heterocycles. The Balaban J connectivity index is 1.67. The van der Waals surface area contributed by atoms with Crippen molar-refractivity contribution in [1.29, 1.82) is 0 Å². The smallest absolute Gasteiger partial charge is 0.161 e. The molecular formula is C22H21BrN2O2. The number of nitrogens with one attached hydrogen (secondary N) is 1. The second-order valence-corrected chi connectivity index (χ2v) is 6.71. The molecule has 0 aromatic heterocycles. The molecule has 3 rings (SSSR count). The van der Waals surface area contributed by atoms with Crippen LogP contribution in [0.15, 0.2) is 82.4 Å². The summed E-state index contributed by atoms with van der Waals surface area (Å²) in [5.41, 5.74) is 5.97. The highest BCUT2D eigenvalue weighted by molar-refractivity contribution is 9.10. The van der Waals surface area contributed by atoms with Gasteiger partial charge in [0.25, 0.3) is 0 Å². The average molecular weight is 425 g/mol. The van der Waals surface area contributed by atoms with Crippen LogP contribution in [-0.2, 0) is 6.61 Å². The molecule has 0 aliphatic rings. The van der Waals surface area contributed by atoms with Gasteiger partial charge >= 0.3 is 0 Å². The van der Waals surface area contributed by atoms with Crippen LogP contribution >= 0.6 is 15.9 Å². The van der Waals surface area contributed by atoms with Crippen molar-refractivity contribution in [3.05, 3.63) is 88.4 Å². The third kappa shape index (κ3) is 5.86. The van der Waals surface area contributed by atoms with Crippen LogP contribution in [0.2, 0.25) is 0 Å². The van der Waals surface area contributed by atoms with E-state index in [1.165, 1.54) is 0 Å². The van der Waals surface area contributed by atoms with Gasteiger partial charge < -0.3 is 9.47 Å². The minimum Gasteiger partial charge on any atom is -0.490 e. The molecule has 0 heterocycles. The maximum Gasteiger partial charge on any atom is 0.161 e. The normalized spacial score (nSPS) is 10.7. The van der Waals surface area contributed by atoms with E-state index in [0.717, 1.165) is 21.3 Å². The van der Waals surface area contributed by atoms with Gasteiger partial charge in [0.05, 0.1) is 18.5 Å². The van der Waals surface area contributed by atoms with E-state index < -0.39 is 0 Å². The molecule has 4 nitrogen and oxygen atoms in total. The number of hydrogen-bond acceptors (Lipinski definition) is 4. The van der Waals surface area contributed by atoms with Gasteiger partial charge in [0.2, 0.25) is 0 Å². The first-order valence-electron chi connectivity index (χ1n) is 8.73. The zero-order valence-corrected chi connectivity index (χ0v) is 16.6. The van der Waals surface area contributed by atoms with Gasteiger partial charge in [-0.3, -0.25) is 5.43 Å². The Kier molecular flexibility index (Phi) is 6.88. The topological polar surface area (TPSA) is 42.8 Å². The number of para-hydroxylation sites is 1. The SMILES string of the molecule is CCOc1cc(C=NNc2ccccc2)ccc1OCc1ccc(Br)cc1. The molecule has 3 aromatic carbocycles. The molecule has 3 aromatic rings.